The van der Waals surface area contributed by atoms with Gasteiger partial charge in [0.25, 0.3) is 5.91 Å². The van der Waals surface area contributed by atoms with Gasteiger partial charge in [-0.05, 0) is 34.5 Å². The Morgan fingerprint density at radius 2 is 1.83 bits per heavy atom. The number of nitrogens with one attached hydrogen (secondary N) is 1. The minimum Gasteiger partial charge on any atom is -0.476 e. The fourth-order valence-electron chi connectivity index (χ4n) is 2.32. The maximum atomic E-state index is 12.3. The molecule has 2 rings (SSSR count). The lowest BCUT2D eigenvalue weighted by atomic mass is 10.1. The highest BCUT2D eigenvalue weighted by molar-refractivity contribution is 7.18. The first-order valence-corrected chi connectivity index (χ1v) is 8.85. The largest absolute Gasteiger partial charge is 0.476 e. The van der Waals surface area contributed by atoms with E-state index in [-0.39, 0.29) is 21.2 Å². The number of rotatable bonds is 7. The number of nitro groups is 1. The van der Waals surface area contributed by atoms with E-state index in [0.29, 0.717) is 11.3 Å². The van der Waals surface area contributed by atoms with Crippen LogP contribution in [0.3, 0.4) is 0 Å². The summed E-state index contributed by atoms with van der Waals surface area (Å²) in [6, 6.07) is 2.83. The fourth-order valence-corrected chi connectivity index (χ4v) is 3.45. The summed E-state index contributed by atoms with van der Waals surface area (Å²) in [5.74, 6) is -2.82. The molecule has 2 aromatic heterocycles. The Morgan fingerprint density at radius 3 is 2.41 bits per heavy atom. The summed E-state index contributed by atoms with van der Waals surface area (Å²) < 4.78 is 14.6. The van der Waals surface area contributed by atoms with Crippen molar-refractivity contribution in [3.8, 4) is 5.75 Å². The van der Waals surface area contributed by atoms with Crippen LogP contribution in [-0.4, -0.2) is 48.6 Å². The molecular weight excluding hydrogens is 406 g/mol. The minimum atomic E-state index is -0.747. The third kappa shape index (κ3) is 4.85. The van der Waals surface area contributed by atoms with E-state index in [0.717, 1.165) is 18.4 Å². The van der Waals surface area contributed by atoms with Crippen LogP contribution in [-0.2, 0) is 14.3 Å². The zero-order chi connectivity index (χ0) is 21.7. The molecular formula is C17H17N3O8S. The smallest absolute Gasteiger partial charge is 0.406 e. The summed E-state index contributed by atoms with van der Waals surface area (Å²) in [6.07, 6.45) is 0. The zero-order valence-corrected chi connectivity index (χ0v) is 16.7. The second-order valence-corrected chi connectivity index (χ2v) is 6.63. The van der Waals surface area contributed by atoms with Crippen LogP contribution in [0.5, 0.6) is 5.75 Å². The summed E-state index contributed by atoms with van der Waals surface area (Å²) in [5.41, 5.74) is 0.721. The Morgan fingerprint density at radius 1 is 1.17 bits per heavy atom. The number of anilines is 1. The maximum Gasteiger partial charge on any atom is 0.406 e. The molecule has 0 spiro atoms. The first-order chi connectivity index (χ1) is 13.7. The van der Waals surface area contributed by atoms with E-state index in [1.807, 2.05) is 0 Å². The third-order valence-corrected chi connectivity index (χ3v) is 4.86. The summed E-state index contributed by atoms with van der Waals surface area (Å²) in [7, 11) is 2.35. The molecule has 29 heavy (non-hydrogen) atoms. The van der Waals surface area contributed by atoms with E-state index in [1.54, 1.807) is 6.92 Å². The number of nitrogens with zero attached hydrogens (tertiary/aromatic N) is 2. The molecule has 0 atom stereocenters. The lowest BCUT2D eigenvalue weighted by Gasteiger charge is -2.08. The average molecular weight is 423 g/mol. The SMILES string of the molecule is COC(=O)c1sc(NC(=O)COc2ccc(C)nc2[N+](=O)[O-])c(C(=O)OC)c1C. The van der Waals surface area contributed by atoms with Gasteiger partial charge in [0.15, 0.2) is 6.61 Å². The monoisotopic (exact) mass is 423 g/mol. The molecule has 0 aliphatic rings. The quantitative estimate of drug-likeness (QED) is 0.402. The Kier molecular flexibility index (Phi) is 6.83. The molecule has 0 fully saturated rings. The summed E-state index contributed by atoms with van der Waals surface area (Å²) in [4.78, 5) is 50.4. The van der Waals surface area contributed by atoms with Gasteiger partial charge in [0.05, 0.1) is 19.8 Å². The summed E-state index contributed by atoms with van der Waals surface area (Å²) >= 11 is 0.839. The molecule has 11 nitrogen and oxygen atoms in total. The predicted molar refractivity (Wildman–Crippen MR) is 101 cm³/mol. The van der Waals surface area contributed by atoms with Gasteiger partial charge in [0.2, 0.25) is 5.75 Å². The first-order valence-electron chi connectivity index (χ1n) is 8.04. The highest BCUT2D eigenvalue weighted by Crippen LogP contribution is 2.34. The molecule has 0 radical (unpaired) electrons. The second-order valence-electron chi connectivity index (χ2n) is 5.61. The number of carbonyl (C=O) groups is 3. The van der Waals surface area contributed by atoms with Gasteiger partial charge in [-0.15, -0.1) is 11.3 Å². The van der Waals surface area contributed by atoms with E-state index in [2.05, 4.69) is 15.0 Å². The number of thiophene rings is 1. The van der Waals surface area contributed by atoms with E-state index >= 15 is 0 Å². The van der Waals surface area contributed by atoms with Crippen LogP contribution in [0.15, 0.2) is 12.1 Å². The molecule has 0 bridgehead atoms. The van der Waals surface area contributed by atoms with Crippen molar-refractivity contribution in [1.82, 2.24) is 4.98 Å². The van der Waals surface area contributed by atoms with Crippen molar-refractivity contribution in [2.75, 3.05) is 26.1 Å². The molecule has 2 heterocycles. The van der Waals surface area contributed by atoms with Crippen LogP contribution >= 0.6 is 11.3 Å². The van der Waals surface area contributed by atoms with E-state index < -0.39 is 35.2 Å². The molecule has 2 aromatic rings. The van der Waals surface area contributed by atoms with Crippen molar-refractivity contribution in [1.29, 1.82) is 0 Å². The molecule has 1 amide bonds. The number of hydrogen-bond acceptors (Lipinski definition) is 10. The molecule has 0 unspecified atom stereocenters. The molecule has 0 aromatic carbocycles. The lowest BCUT2D eigenvalue weighted by molar-refractivity contribution is -0.390. The number of methoxy groups -OCH3 is 2. The topological polar surface area (TPSA) is 147 Å². The highest BCUT2D eigenvalue weighted by atomic mass is 32.1. The molecule has 0 saturated carbocycles. The Hall–Kier alpha value is -3.54. The third-order valence-electron chi connectivity index (χ3n) is 3.67. The predicted octanol–water partition coefficient (Wildman–Crippen LogP) is 2.26. The fraction of sp³-hybridized carbons (Fsp3) is 0.294. The molecule has 0 saturated heterocycles. The number of aromatic nitrogens is 1. The van der Waals surface area contributed by atoms with Crippen LogP contribution in [0.2, 0.25) is 0 Å². The van der Waals surface area contributed by atoms with Gasteiger partial charge in [-0.1, -0.05) is 0 Å². The Bertz CT molecular complexity index is 985. The van der Waals surface area contributed by atoms with E-state index in [9.17, 15) is 24.5 Å². The van der Waals surface area contributed by atoms with Crippen molar-refractivity contribution in [3.05, 3.63) is 43.9 Å². The lowest BCUT2D eigenvalue weighted by Crippen LogP contribution is -2.21. The highest BCUT2D eigenvalue weighted by Gasteiger charge is 2.27. The van der Waals surface area contributed by atoms with Crippen molar-refractivity contribution in [2.24, 2.45) is 0 Å². The van der Waals surface area contributed by atoms with Crippen LogP contribution < -0.4 is 10.1 Å². The standard InChI is InChI=1S/C17H17N3O8S/c1-8-5-6-10(14(18-8)20(24)25)28-7-11(21)19-15-12(16(22)26-3)9(2)13(29-15)17(23)27-4/h5-6H,7H2,1-4H3,(H,19,21). The zero-order valence-electron chi connectivity index (χ0n) is 15.9. The molecule has 0 aliphatic heterocycles. The molecule has 12 heteroatoms. The second kappa shape index (κ2) is 9.10. The van der Waals surface area contributed by atoms with Gasteiger partial charge in [-0.3, -0.25) is 4.79 Å². The summed E-state index contributed by atoms with van der Waals surface area (Å²) in [6.45, 7) is 2.51. The number of pyridine rings is 1. The number of aryl methyl sites for hydroxylation is 1. The van der Waals surface area contributed by atoms with Crippen LogP contribution in [0.25, 0.3) is 0 Å². The number of ether oxygens (including phenoxy) is 3. The van der Waals surface area contributed by atoms with Gasteiger partial charge in [0.1, 0.15) is 15.6 Å². The summed E-state index contributed by atoms with van der Waals surface area (Å²) in [5, 5.41) is 13.6. The van der Waals surface area contributed by atoms with Crippen molar-refractivity contribution < 1.29 is 33.5 Å². The number of esters is 2. The van der Waals surface area contributed by atoms with Gasteiger partial charge < -0.3 is 29.6 Å². The van der Waals surface area contributed by atoms with Crippen LogP contribution in [0, 0.1) is 24.0 Å². The maximum absolute atomic E-state index is 12.3. The van der Waals surface area contributed by atoms with E-state index in [1.165, 1.54) is 26.2 Å². The van der Waals surface area contributed by atoms with Gasteiger partial charge >= 0.3 is 17.8 Å². The van der Waals surface area contributed by atoms with Gasteiger partial charge in [0, 0.05) is 6.92 Å². The van der Waals surface area contributed by atoms with Crippen molar-refractivity contribution >= 4 is 40.0 Å². The molecule has 0 aliphatic carbocycles. The number of carbonyl (C=O) groups excluding carboxylic acids is 3. The molecule has 1 N–H and O–H groups in total. The van der Waals surface area contributed by atoms with Crippen molar-refractivity contribution in [3.63, 3.8) is 0 Å². The van der Waals surface area contributed by atoms with E-state index in [4.69, 9.17) is 9.47 Å². The first kappa shape index (κ1) is 21.8. The van der Waals surface area contributed by atoms with Crippen molar-refractivity contribution in [2.45, 2.75) is 13.8 Å². The number of hydrogen-bond donors (Lipinski definition) is 1. The van der Waals surface area contributed by atoms with Crippen LogP contribution in [0.1, 0.15) is 31.3 Å². The van der Waals surface area contributed by atoms with Gasteiger partial charge in [-0.2, -0.15) is 0 Å². The number of amides is 1. The minimum absolute atomic E-state index is 0.00855. The Balaban J connectivity index is 2.22. The molecule has 154 valence electrons. The Labute approximate surface area is 168 Å². The van der Waals surface area contributed by atoms with Crippen LogP contribution in [0.4, 0.5) is 10.8 Å². The average Bonchev–Trinajstić information content (AvgIpc) is 3.01. The normalized spacial score (nSPS) is 10.2. The van der Waals surface area contributed by atoms with Gasteiger partial charge in [-0.25, -0.2) is 9.59 Å².